The number of aromatic nitrogens is 9. The van der Waals surface area contributed by atoms with Gasteiger partial charge in [-0.15, -0.1) is 0 Å². The van der Waals surface area contributed by atoms with Gasteiger partial charge in [-0.1, -0.05) is 198 Å². The van der Waals surface area contributed by atoms with E-state index in [-0.39, 0.29) is 5.41 Å². The van der Waals surface area contributed by atoms with Crippen LogP contribution in [0.5, 0.6) is 0 Å². The van der Waals surface area contributed by atoms with Gasteiger partial charge in [0, 0.05) is 73.0 Å². The number of hydrogen-bond acceptors (Lipinski definition) is 11. The third-order valence-electron chi connectivity index (χ3n) is 19.3. The lowest BCUT2D eigenvalue weighted by molar-refractivity contribution is 0.282. The van der Waals surface area contributed by atoms with Gasteiger partial charge in [0.15, 0.2) is 34.9 Å². The molecule has 0 saturated carbocycles. The normalized spacial score (nSPS) is 14.4. The van der Waals surface area contributed by atoms with Gasteiger partial charge in [0.1, 0.15) is 39.4 Å². The monoisotopic (exact) mass is 1200 g/mol. The van der Waals surface area contributed by atoms with E-state index < -0.39 is 5.41 Å². The summed E-state index contributed by atoms with van der Waals surface area (Å²) in [6.07, 6.45) is 5.33. The standard InChI is InChI=1S/C44H28N4O.C38H31N5O/c1-44(30-15-6-3-7-16-30)35-26-29(20-21-32(35)33-22-23-37-38(39(33)44)34-18-10-11-19-36(34)49-37)42-46-41(28-13-4-2-5-14-28)47-43(48-42)40-31-17-9-8-12-27(31)24-25-45-40;1-22(2)38(23(3)4)28-17-15-24(21-27(28)25-16-18-32-33(34(25)38)26-11-5-6-14-31(26)44-32)35-41-36(29-12-7-9-19-39-29)43-37(42-35)30-13-8-10-20-40-30/h2-26H,1H3;5-23H,1-4H3. The number of furan rings is 2. The van der Waals surface area contributed by atoms with Gasteiger partial charge in [0.2, 0.25) is 0 Å². The van der Waals surface area contributed by atoms with Crippen molar-refractivity contribution in [1.29, 1.82) is 0 Å². The fourth-order valence-corrected chi connectivity index (χ4v) is 15.2. The Kier molecular flexibility index (Phi) is 13.0. The first-order valence-electron chi connectivity index (χ1n) is 31.6. The van der Waals surface area contributed by atoms with E-state index in [1.165, 1.54) is 55.5 Å². The summed E-state index contributed by atoms with van der Waals surface area (Å²) in [5, 5.41) is 6.75. The summed E-state index contributed by atoms with van der Waals surface area (Å²) in [5.41, 5.74) is 19.1. The Morgan fingerprint density at radius 2 is 0.828 bits per heavy atom. The van der Waals surface area contributed by atoms with E-state index in [2.05, 4.69) is 184 Å². The number of fused-ring (bicyclic) bond motifs is 15. The van der Waals surface area contributed by atoms with Crippen molar-refractivity contribution in [1.82, 2.24) is 44.9 Å². The van der Waals surface area contributed by atoms with Gasteiger partial charge in [-0.05, 0) is 141 Å². The number of nitrogens with zero attached hydrogens (tertiary/aromatic N) is 9. The minimum atomic E-state index is -0.469. The molecule has 0 radical (unpaired) electrons. The molecule has 0 amide bonds. The Labute approximate surface area is 536 Å². The molecule has 1 atom stereocenters. The average Bonchev–Trinajstić information content (AvgIpc) is 1.54. The molecule has 0 N–H and O–H groups in total. The summed E-state index contributed by atoms with van der Waals surface area (Å²) in [7, 11) is 0. The van der Waals surface area contributed by atoms with Crippen molar-refractivity contribution in [2.45, 2.75) is 45.4 Å². The van der Waals surface area contributed by atoms with Gasteiger partial charge in [0.25, 0.3) is 0 Å². The number of rotatable bonds is 9. The van der Waals surface area contributed by atoms with Crippen LogP contribution in [-0.2, 0) is 10.8 Å². The molecule has 0 bridgehead atoms. The highest BCUT2D eigenvalue weighted by Crippen LogP contribution is 2.61. The van der Waals surface area contributed by atoms with Crippen LogP contribution in [0.1, 0.15) is 62.4 Å². The highest BCUT2D eigenvalue weighted by Gasteiger charge is 2.50. The maximum Gasteiger partial charge on any atom is 0.183 e. The lowest BCUT2D eigenvalue weighted by atomic mass is 9.62. The smallest absolute Gasteiger partial charge is 0.183 e. The molecule has 93 heavy (non-hydrogen) atoms. The van der Waals surface area contributed by atoms with Gasteiger partial charge < -0.3 is 8.83 Å². The molecule has 2 aliphatic carbocycles. The summed E-state index contributed by atoms with van der Waals surface area (Å²) in [5.74, 6) is 4.06. The van der Waals surface area contributed by atoms with Gasteiger partial charge in [-0.25, -0.2) is 29.9 Å². The van der Waals surface area contributed by atoms with Gasteiger partial charge in [-0.3, -0.25) is 15.0 Å². The zero-order chi connectivity index (χ0) is 62.5. The summed E-state index contributed by atoms with van der Waals surface area (Å²) in [6.45, 7) is 11.7. The van der Waals surface area contributed by atoms with E-state index in [0.717, 1.165) is 71.6 Å². The fraction of sp³-hybridized carbons (Fsp3) is 0.110. The van der Waals surface area contributed by atoms with Gasteiger partial charge >= 0.3 is 0 Å². The van der Waals surface area contributed by atoms with E-state index in [1.54, 1.807) is 12.4 Å². The van der Waals surface area contributed by atoms with Gasteiger partial charge in [-0.2, -0.15) is 0 Å². The van der Waals surface area contributed by atoms with Crippen LogP contribution >= 0.6 is 0 Å². The molecule has 7 aromatic heterocycles. The van der Waals surface area contributed by atoms with E-state index in [4.69, 9.17) is 43.7 Å². The van der Waals surface area contributed by atoms with Crippen molar-refractivity contribution >= 4 is 54.6 Å². The van der Waals surface area contributed by atoms with Crippen LogP contribution in [-0.4, -0.2) is 44.9 Å². The summed E-state index contributed by atoms with van der Waals surface area (Å²) < 4.78 is 12.8. The van der Waals surface area contributed by atoms with Crippen LogP contribution < -0.4 is 0 Å². The molecule has 0 aliphatic heterocycles. The van der Waals surface area contributed by atoms with Gasteiger partial charge in [0.05, 0.1) is 0 Å². The predicted molar refractivity (Wildman–Crippen MR) is 371 cm³/mol. The molecule has 11 nitrogen and oxygen atoms in total. The van der Waals surface area contributed by atoms with Crippen LogP contribution in [0.25, 0.3) is 146 Å². The molecule has 0 spiro atoms. The van der Waals surface area contributed by atoms with Crippen molar-refractivity contribution in [3.63, 3.8) is 0 Å². The van der Waals surface area contributed by atoms with Crippen LogP contribution in [0, 0.1) is 11.8 Å². The number of hydrogen-bond donors (Lipinski definition) is 0. The molecule has 18 rings (SSSR count). The van der Waals surface area contributed by atoms with Crippen molar-refractivity contribution in [2.24, 2.45) is 11.8 Å². The Hall–Kier alpha value is -11.7. The van der Waals surface area contributed by atoms with E-state index in [1.807, 2.05) is 103 Å². The molecule has 7 heterocycles. The fourth-order valence-electron chi connectivity index (χ4n) is 15.2. The first kappa shape index (κ1) is 55.4. The van der Waals surface area contributed by atoms with Crippen molar-refractivity contribution in [3.05, 3.63) is 283 Å². The number of para-hydroxylation sites is 2. The third kappa shape index (κ3) is 8.75. The molecule has 444 valence electrons. The summed E-state index contributed by atoms with van der Waals surface area (Å²) >= 11 is 0. The highest BCUT2D eigenvalue weighted by molar-refractivity contribution is 6.13. The zero-order valence-electron chi connectivity index (χ0n) is 51.7. The Balaban J connectivity index is 0.000000143. The molecule has 0 saturated heterocycles. The van der Waals surface area contributed by atoms with Crippen LogP contribution in [0.2, 0.25) is 0 Å². The van der Waals surface area contributed by atoms with E-state index in [9.17, 15) is 0 Å². The molecule has 2 aliphatic rings. The van der Waals surface area contributed by atoms with Crippen molar-refractivity contribution in [3.8, 4) is 91.0 Å². The van der Waals surface area contributed by atoms with Crippen LogP contribution in [0.15, 0.2) is 264 Å². The number of benzene rings is 9. The Morgan fingerprint density at radius 3 is 1.45 bits per heavy atom. The first-order valence-corrected chi connectivity index (χ1v) is 31.6. The third-order valence-corrected chi connectivity index (χ3v) is 19.3. The molecule has 1 unspecified atom stereocenters. The second-order valence-electron chi connectivity index (χ2n) is 24.9. The average molecular weight is 1200 g/mol. The highest BCUT2D eigenvalue weighted by atomic mass is 16.3. The summed E-state index contributed by atoms with van der Waals surface area (Å²) in [6, 6.07) is 81.4. The lowest BCUT2D eigenvalue weighted by Gasteiger charge is -2.40. The maximum absolute atomic E-state index is 6.41. The van der Waals surface area contributed by atoms with Crippen molar-refractivity contribution < 1.29 is 8.83 Å². The largest absolute Gasteiger partial charge is 0.456 e. The second-order valence-corrected chi connectivity index (χ2v) is 24.9. The molecule has 0 fully saturated rings. The van der Waals surface area contributed by atoms with E-state index >= 15 is 0 Å². The first-order chi connectivity index (χ1) is 45.6. The Morgan fingerprint density at radius 1 is 0.333 bits per heavy atom. The van der Waals surface area contributed by atoms with Crippen LogP contribution in [0.4, 0.5) is 0 Å². The Bertz CT molecular complexity index is 5540. The molecular formula is C82H59N9O2. The molecule has 9 aromatic carbocycles. The lowest BCUT2D eigenvalue weighted by Crippen LogP contribution is -2.37. The topological polar surface area (TPSA) is 142 Å². The predicted octanol–water partition coefficient (Wildman–Crippen LogP) is 19.8. The minimum Gasteiger partial charge on any atom is -0.456 e. The second kappa shape index (κ2) is 21.8. The molecule has 16 aromatic rings. The summed E-state index contributed by atoms with van der Waals surface area (Å²) in [4.78, 5) is 43.7. The molecule has 11 heteroatoms. The minimum absolute atomic E-state index is 0.202. The number of pyridine rings is 3. The van der Waals surface area contributed by atoms with Crippen LogP contribution in [0.3, 0.4) is 0 Å². The quantitative estimate of drug-likeness (QED) is 0.136. The molecular weight excluding hydrogens is 1140 g/mol. The van der Waals surface area contributed by atoms with Crippen molar-refractivity contribution in [2.75, 3.05) is 0 Å². The maximum atomic E-state index is 6.41. The zero-order valence-corrected chi connectivity index (χ0v) is 51.7. The SMILES string of the molecule is CC(C)C1(C(C)C)c2ccc(-c3nc(-c4ccccn4)nc(-c4ccccn4)n3)cc2-c2ccc3oc4ccccc4c3c21.CC1(c2ccccc2)c2cc(-c3nc(-c4ccccc4)nc(-c4nccc5ccccc45)n3)ccc2-c2ccc3oc4ccccc4c3c21. The van der Waals surface area contributed by atoms with E-state index in [0.29, 0.717) is 58.2 Å².